The van der Waals surface area contributed by atoms with Gasteiger partial charge in [-0.3, -0.25) is 4.79 Å². The molecule has 2 aliphatic rings. The molecule has 0 spiro atoms. The number of aliphatic hydroxyl groups excluding tert-OH is 1. The van der Waals surface area contributed by atoms with Crippen molar-refractivity contribution in [2.24, 2.45) is 5.92 Å². The first-order valence-corrected chi connectivity index (χ1v) is 7.44. The average molecular weight is 275 g/mol. The number of nitrogens with zero attached hydrogens (tertiary/aromatic N) is 1. The highest BCUT2D eigenvalue weighted by atomic mass is 16.3. The van der Waals surface area contributed by atoms with Gasteiger partial charge < -0.3 is 15.1 Å². The summed E-state index contributed by atoms with van der Waals surface area (Å²) in [5.41, 5.74) is 1.53. The fraction of sp³-hybridized carbons (Fsp3) is 0.562. The first-order valence-electron chi connectivity index (χ1n) is 7.44. The molecule has 108 valence electrons. The third-order valence-corrected chi connectivity index (χ3v) is 4.71. The minimum absolute atomic E-state index is 0.0242. The molecule has 0 unspecified atom stereocenters. The maximum atomic E-state index is 12.5. The monoisotopic (exact) mass is 275 g/mol. The largest absolute Gasteiger partial charge is 0.508 e. The van der Waals surface area contributed by atoms with Gasteiger partial charge in [0.15, 0.2) is 0 Å². The van der Waals surface area contributed by atoms with E-state index in [0.717, 1.165) is 18.4 Å². The average Bonchev–Trinajstić information content (AvgIpc) is 2.78. The molecular weight excluding hydrogens is 254 g/mol. The van der Waals surface area contributed by atoms with Gasteiger partial charge in [-0.1, -0.05) is 25.3 Å². The van der Waals surface area contributed by atoms with Gasteiger partial charge in [-0.15, -0.1) is 0 Å². The lowest BCUT2D eigenvalue weighted by molar-refractivity contribution is 0.0439. The lowest BCUT2D eigenvalue weighted by Gasteiger charge is -2.35. The van der Waals surface area contributed by atoms with Gasteiger partial charge in [0.05, 0.1) is 12.6 Å². The molecule has 4 nitrogen and oxygen atoms in total. The topological polar surface area (TPSA) is 60.8 Å². The zero-order valence-electron chi connectivity index (χ0n) is 11.6. The fourth-order valence-electron chi connectivity index (χ4n) is 3.60. The first kappa shape index (κ1) is 13.4. The molecule has 4 heteroatoms. The highest BCUT2D eigenvalue weighted by Crippen LogP contribution is 2.34. The number of hydrogen-bond acceptors (Lipinski definition) is 3. The Labute approximate surface area is 119 Å². The Morgan fingerprint density at radius 3 is 2.70 bits per heavy atom. The number of fused-ring (bicyclic) bond motifs is 1. The summed E-state index contributed by atoms with van der Waals surface area (Å²) in [6.07, 6.45) is 5.83. The Morgan fingerprint density at radius 1 is 1.25 bits per heavy atom. The van der Waals surface area contributed by atoms with Crippen LogP contribution in [0.5, 0.6) is 5.75 Å². The normalized spacial score (nSPS) is 21.1. The molecule has 1 fully saturated rings. The van der Waals surface area contributed by atoms with E-state index < -0.39 is 0 Å². The number of amides is 1. The molecule has 3 rings (SSSR count). The molecule has 0 aromatic heterocycles. The van der Waals surface area contributed by atoms with Gasteiger partial charge in [-0.05, 0) is 36.5 Å². The van der Waals surface area contributed by atoms with E-state index in [1.54, 1.807) is 17.0 Å². The SMILES string of the molecule is O=C1c2cc(O)ccc2CN1[C@@H](CO)C1CCCCC1. The molecule has 1 heterocycles. The number of carbonyl (C=O) groups is 1. The number of aromatic hydroxyl groups is 1. The second-order valence-corrected chi connectivity index (χ2v) is 5.92. The zero-order chi connectivity index (χ0) is 14.1. The molecule has 1 aromatic rings. The van der Waals surface area contributed by atoms with Gasteiger partial charge in [0, 0.05) is 12.1 Å². The van der Waals surface area contributed by atoms with Crippen molar-refractivity contribution in [1.29, 1.82) is 0 Å². The van der Waals surface area contributed by atoms with Crippen molar-refractivity contribution in [3.8, 4) is 5.75 Å². The predicted octanol–water partition coefficient (Wildman–Crippen LogP) is 2.29. The van der Waals surface area contributed by atoms with Gasteiger partial charge in [0.2, 0.25) is 0 Å². The zero-order valence-corrected chi connectivity index (χ0v) is 11.6. The number of hydrogen-bond donors (Lipinski definition) is 2. The summed E-state index contributed by atoms with van der Waals surface area (Å²) in [5.74, 6) is 0.471. The summed E-state index contributed by atoms with van der Waals surface area (Å²) >= 11 is 0. The van der Waals surface area contributed by atoms with Crippen LogP contribution < -0.4 is 0 Å². The fourth-order valence-corrected chi connectivity index (χ4v) is 3.60. The van der Waals surface area contributed by atoms with Crippen LogP contribution in [0.3, 0.4) is 0 Å². The minimum Gasteiger partial charge on any atom is -0.508 e. The number of phenolic OH excluding ortho intramolecular Hbond substituents is 1. The Bertz CT molecular complexity index is 508. The molecule has 20 heavy (non-hydrogen) atoms. The van der Waals surface area contributed by atoms with Crippen LogP contribution in [0.1, 0.15) is 48.0 Å². The van der Waals surface area contributed by atoms with Crippen molar-refractivity contribution < 1.29 is 15.0 Å². The van der Waals surface area contributed by atoms with Crippen LogP contribution in [0.2, 0.25) is 0 Å². The maximum Gasteiger partial charge on any atom is 0.254 e. The van der Waals surface area contributed by atoms with Crippen LogP contribution in [0.25, 0.3) is 0 Å². The minimum atomic E-state index is -0.0858. The highest BCUT2D eigenvalue weighted by Gasteiger charge is 2.36. The van der Waals surface area contributed by atoms with Crippen LogP contribution in [0, 0.1) is 5.92 Å². The lowest BCUT2D eigenvalue weighted by Crippen LogP contribution is -2.44. The standard InChI is InChI=1S/C16H21NO3/c18-10-15(11-4-2-1-3-5-11)17-9-12-6-7-13(19)8-14(12)16(17)20/h6-8,11,15,18-19H,1-5,9-10H2/t15-/m0/s1. The molecule has 2 N–H and O–H groups in total. The summed E-state index contributed by atoms with van der Waals surface area (Å²) in [6, 6.07) is 4.87. The van der Waals surface area contributed by atoms with E-state index in [1.807, 2.05) is 0 Å². The molecule has 1 atom stereocenters. The summed E-state index contributed by atoms with van der Waals surface area (Å²) in [7, 11) is 0. The third kappa shape index (κ3) is 2.29. The van der Waals surface area contributed by atoms with Gasteiger partial charge in [-0.25, -0.2) is 0 Å². The second kappa shape index (κ2) is 5.44. The molecule has 0 saturated heterocycles. The van der Waals surface area contributed by atoms with E-state index in [0.29, 0.717) is 18.0 Å². The molecule has 1 aromatic carbocycles. The van der Waals surface area contributed by atoms with Crippen LogP contribution in [0.15, 0.2) is 18.2 Å². The summed E-state index contributed by atoms with van der Waals surface area (Å²) in [4.78, 5) is 14.3. The summed E-state index contributed by atoms with van der Waals surface area (Å²) < 4.78 is 0. The van der Waals surface area contributed by atoms with Crippen molar-refractivity contribution in [1.82, 2.24) is 4.90 Å². The van der Waals surface area contributed by atoms with Crippen LogP contribution >= 0.6 is 0 Å². The van der Waals surface area contributed by atoms with E-state index in [2.05, 4.69) is 0 Å². The Balaban J connectivity index is 1.82. The van der Waals surface area contributed by atoms with Crippen molar-refractivity contribution in [2.45, 2.75) is 44.7 Å². The Kier molecular flexibility index (Phi) is 3.66. The Hall–Kier alpha value is -1.55. The molecule has 1 aliphatic carbocycles. The van der Waals surface area contributed by atoms with E-state index in [9.17, 15) is 15.0 Å². The molecule has 1 aliphatic heterocycles. The quantitative estimate of drug-likeness (QED) is 0.889. The smallest absolute Gasteiger partial charge is 0.254 e. The first-order chi connectivity index (χ1) is 9.70. The number of carbonyl (C=O) groups excluding carboxylic acids is 1. The Morgan fingerprint density at radius 2 is 2.00 bits per heavy atom. The summed E-state index contributed by atoms with van der Waals surface area (Å²) in [6.45, 7) is 0.576. The van der Waals surface area contributed by atoms with Crippen LogP contribution in [0.4, 0.5) is 0 Å². The third-order valence-electron chi connectivity index (χ3n) is 4.71. The summed E-state index contributed by atoms with van der Waals surface area (Å²) in [5, 5.41) is 19.3. The molecule has 0 bridgehead atoms. The van der Waals surface area contributed by atoms with Gasteiger partial charge in [0.1, 0.15) is 5.75 Å². The van der Waals surface area contributed by atoms with E-state index in [1.165, 1.54) is 25.3 Å². The van der Waals surface area contributed by atoms with Gasteiger partial charge >= 0.3 is 0 Å². The van der Waals surface area contributed by atoms with Crippen LogP contribution in [-0.2, 0) is 6.54 Å². The van der Waals surface area contributed by atoms with Crippen LogP contribution in [-0.4, -0.2) is 33.7 Å². The number of phenols is 1. The van der Waals surface area contributed by atoms with Crippen molar-refractivity contribution in [3.63, 3.8) is 0 Å². The molecule has 0 radical (unpaired) electrons. The molecule has 1 saturated carbocycles. The molecule has 1 amide bonds. The molecular formula is C16H21NO3. The second-order valence-electron chi connectivity index (χ2n) is 5.92. The van der Waals surface area contributed by atoms with Crippen molar-refractivity contribution in [3.05, 3.63) is 29.3 Å². The number of rotatable bonds is 3. The van der Waals surface area contributed by atoms with E-state index in [-0.39, 0.29) is 24.3 Å². The maximum absolute atomic E-state index is 12.5. The van der Waals surface area contributed by atoms with Crippen molar-refractivity contribution in [2.75, 3.05) is 6.61 Å². The van der Waals surface area contributed by atoms with E-state index >= 15 is 0 Å². The lowest BCUT2D eigenvalue weighted by atomic mass is 9.83. The highest BCUT2D eigenvalue weighted by molar-refractivity contribution is 5.99. The van der Waals surface area contributed by atoms with Crippen molar-refractivity contribution >= 4 is 5.91 Å². The number of benzene rings is 1. The predicted molar refractivity (Wildman–Crippen MR) is 75.4 cm³/mol. The van der Waals surface area contributed by atoms with Gasteiger partial charge in [-0.2, -0.15) is 0 Å². The van der Waals surface area contributed by atoms with Gasteiger partial charge in [0.25, 0.3) is 5.91 Å². The number of aliphatic hydroxyl groups is 1. The van der Waals surface area contributed by atoms with E-state index in [4.69, 9.17) is 0 Å².